The molecule has 2 N–H and O–H groups in total. The lowest BCUT2D eigenvalue weighted by Crippen LogP contribution is -2.31. The quantitative estimate of drug-likeness (QED) is 0.189. The van der Waals surface area contributed by atoms with E-state index >= 15 is 0 Å². The molecule has 0 aromatic rings. The van der Waals surface area contributed by atoms with Gasteiger partial charge in [0, 0.05) is 6.92 Å². The zero-order valence-electron chi connectivity index (χ0n) is 10.8. The van der Waals surface area contributed by atoms with Crippen molar-refractivity contribution in [2.75, 3.05) is 19.8 Å². The highest BCUT2D eigenvalue weighted by Crippen LogP contribution is 1.97. The summed E-state index contributed by atoms with van der Waals surface area (Å²) in [4.78, 5) is 49.7. The number of esters is 1. The van der Waals surface area contributed by atoms with Crippen LogP contribution in [0.1, 0.15) is 6.92 Å². The van der Waals surface area contributed by atoms with Crippen molar-refractivity contribution in [1.29, 1.82) is 0 Å². The van der Waals surface area contributed by atoms with E-state index in [1.807, 2.05) is 0 Å². The van der Waals surface area contributed by atoms with Crippen LogP contribution in [0.15, 0.2) is 0 Å². The van der Waals surface area contributed by atoms with Gasteiger partial charge in [-0.15, -0.1) is 0 Å². The summed E-state index contributed by atoms with van der Waals surface area (Å²) in [7, 11) is 0. The predicted molar refractivity (Wildman–Crippen MR) is 55.2 cm³/mol. The van der Waals surface area contributed by atoms with Gasteiger partial charge in [0.25, 0.3) is 6.47 Å². The van der Waals surface area contributed by atoms with Gasteiger partial charge in [-0.1, -0.05) is 0 Å². The van der Waals surface area contributed by atoms with Crippen molar-refractivity contribution in [1.82, 2.24) is 0 Å². The lowest BCUT2D eigenvalue weighted by Gasteiger charge is -2.11. The Labute approximate surface area is 116 Å². The molecule has 0 radical (unpaired) electrons. The van der Waals surface area contributed by atoms with E-state index < -0.39 is 48.4 Å². The molecule has 2 atom stereocenters. The van der Waals surface area contributed by atoms with Gasteiger partial charge in [0.15, 0.2) is 0 Å². The maximum atomic E-state index is 11.2. The third-order valence-corrected chi connectivity index (χ3v) is 1.68. The van der Waals surface area contributed by atoms with Gasteiger partial charge in [-0.25, -0.2) is 15.2 Å². The van der Waals surface area contributed by atoms with E-state index in [0.29, 0.717) is 0 Å². The molecular weight excluding hydrogens is 300 g/mol. The van der Waals surface area contributed by atoms with Crippen LogP contribution in [0.3, 0.4) is 0 Å². The summed E-state index contributed by atoms with van der Waals surface area (Å²) < 4.78 is 13.6. The van der Waals surface area contributed by atoms with Crippen LogP contribution in [0, 0.1) is 9.81 Å². The van der Waals surface area contributed by atoms with Crippen LogP contribution in [0.4, 0.5) is 0 Å². The summed E-state index contributed by atoms with van der Waals surface area (Å²) in [5, 5.41) is 14.7. The van der Waals surface area contributed by atoms with Gasteiger partial charge >= 0.3 is 16.1 Å². The molecule has 13 heteroatoms. The molecule has 0 aliphatic carbocycles. The molecular formula is C8H14N2O11+2. The Morgan fingerprint density at radius 1 is 1.24 bits per heavy atom. The molecule has 0 amide bonds. The second-order valence-corrected chi connectivity index (χ2v) is 3.30. The fourth-order valence-electron chi connectivity index (χ4n) is 0.982. The minimum atomic E-state index is -1.30. The highest BCUT2D eigenvalue weighted by Gasteiger charge is 2.26. The Bertz CT molecular complexity index is 373. The van der Waals surface area contributed by atoms with Gasteiger partial charge in [-0.3, -0.25) is 4.79 Å². The number of rotatable bonds is 12. The van der Waals surface area contributed by atoms with E-state index in [9.17, 15) is 19.4 Å². The number of ether oxygens (including phenoxy) is 3. The van der Waals surface area contributed by atoms with Crippen molar-refractivity contribution in [3.8, 4) is 0 Å². The van der Waals surface area contributed by atoms with E-state index in [4.69, 9.17) is 15.2 Å². The fraction of sp³-hybridized carbons (Fsp3) is 0.750. The fourth-order valence-corrected chi connectivity index (χ4v) is 0.982. The predicted octanol–water partition coefficient (Wildman–Crippen LogP) is -1.37. The van der Waals surface area contributed by atoms with Gasteiger partial charge in [0.05, 0.1) is 6.61 Å². The summed E-state index contributed by atoms with van der Waals surface area (Å²) >= 11 is 0. The van der Waals surface area contributed by atoms with Gasteiger partial charge < -0.3 is 14.2 Å². The topological polar surface area (TPSA) is 161 Å². The molecule has 0 rings (SSSR count). The number of hydrogen-bond donors (Lipinski definition) is 2. The molecule has 0 spiro atoms. The van der Waals surface area contributed by atoms with Crippen LogP contribution in [-0.4, -0.2) is 65.2 Å². The largest absolute Gasteiger partial charge is 0.475 e. The maximum absolute atomic E-state index is 11.2. The Balaban J connectivity index is 4.05. The first kappa shape index (κ1) is 18.3. The van der Waals surface area contributed by atoms with Gasteiger partial charge in [-0.2, -0.15) is 9.68 Å². The molecule has 0 aromatic carbocycles. The average Bonchev–Trinajstić information content (AvgIpc) is 2.35. The van der Waals surface area contributed by atoms with Crippen molar-refractivity contribution in [2.45, 2.75) is 19.3 Å². The van der Waals surface area contributed by atoms with Crippen molar-refractivity contribution in [3.05, 3.63) is 9.81 Å². The van der Waals surface area contributed by atoms with E-state index in [-0.39, 0.29) is 6.47 Å². The van der Waals surface area contributed by atoms with Crippen molar-refractivity contribution in [2.24, 2.45) is 0 Å². The summed E-state index contributed by atoms with van der Waals surface area (Å²) in [5.41, 5.74) is 0. The van der Waals surface area contributed by atoms with Crippen LogP contribution in [-0.2, 0) is 33.5 Å². The van der Waals surface area contributed by atoms with Crippen LogP contribution in [0.5, 0.6) is 0 Å². The van der Waals surface area contributed by atoms with Crippen molar-refractivity contribution in [3.63, 3.8) is 0 Å². The molecule has 0 bridgehead atoms. The summed E-state index contributed by atoms with van der Waals surface area (Å²) in [6.07, 6.45) is -2.40. The lowest BCUT2D eigenvalue weighted by atomic mass is 10.4. The Hall–Kier alpha value is -2.70. The van der Waals surface area contributed by atoms with Gasteiger partial charge in [0.1, 0.15) is 16.4 Å². The number of carbonyl (C=O) groups is 2. The second kappa shape index (κ2) is 10.1. The Morgan fingerprint density at radius 3 is 2.43 bits per heavy atom. The normalized spacial score (nSPS) is 12.6. The zero-order chi connectivity index (χ0) is 16.3. The monoisotopic (exact) mass is 314 g/mol. The molecule has 0 aliphatic heterocycles. The highest BCUT2D eigenvalue weighted by molar-refractivity contribution is 5.70. The summed E-state index contributed by atoms with van der Waals surface area (Å²) in [6, 6.07) is 0. The molecule has 0 aliphatic rings. The zero-order valence-corrected chi connectivity index (χ0v) is 10.8. The molecule has 0 heterocycles. The highest BCUT2D eigenvalue weighted by atomic mass is 17.0. The smallest absolute Gasteiger partial charge is 0.428 e. The molecule has 1 unspecified atom stereocenters. The first-order valence-electron chi connectivity index (χ1n) is 5.33. The minimum Gasteiger partial charge on any atom is -0.428 e. The van der Waals surface area contributed by atoms with Crippen molar-refractivity contribution < 1.29 is 54.1 Å². The van der Waals surface area contributed by atoms with Gasteiger partial charge in [0.2, 0.25) is 19.0 Å². The van der Waals surface area contributed by atoms with Gasteiger partial charge in [-0.05, 0) is 0 Å². The average molecular weight is 314 g/mol. The van der Waals surface area contributed by atoms with E-state index in [1.54, 1.807) is 0 Å². The maximum Gasteiger partial charge on any atom is 0.475 e. The molecule has 13 nitrogen and oxygen atoms in total. The minimum absolute atomic E-state index is 0.0909. The molecule has 120 valence electrons. The number of carbonyl (C=O) groups excluding carboxylic acids is 2. The molecule has 21 heavy (non-hydrogen) atoms. The van der Waals surface area contributed by atoms with E-state index in [0.717, 1.165) is 0 Å². The van der Waals surface area contributed by atoms with Crippen LogP contribution < -0.4 is 0 Å². The Kier molecular flexibility index (Phi) is 8.83. The van der Waals surface area contributed by atoms with Crippen LogP contribution >= 0.6 is 0 Å². The van der Waals surface area contributed by atoms with E-state index in [1.165, 1.54) is 6.92 Å². The molecule has 0 aromatic heterocycles. The number of nitrogens with zero attached hydrogens (tertiary/aromatic N) is 2. The molecule has 0 saturated heterocycles. The number of hydrogen-bond acceptors (Lipinski definition) is 9. The van der Waals surface area contributed by atoms with E-state index in [2.05, 4.69) is 19.1 Å². The molecule has 0 saturated carbocycles. The van der Waals surface area contributed by atoms with Crippen LogP contribution in [0.25, 0.3) is 0 Å². The summed E-state index contributed by atoms with van der Waals surface area (Å²) in [6.45, 7) is -0.341. The SMILES string of the molecule is CC(OC=O)OC(=O)COC[C@@H](CO[N+](=O)O)O[N+](=O)O. The second-order valence-electron chi connectivity index (χ2n) is 3.30. The van der Waals surface area contributed by atoms with Crippen LogP contribution in [0.2, 0.25) is 0 Å². The third kappa shape index (κ3) is 10.9. The van der Waals surface area contributed by atoms with Crippen molar-refractivity contribution >= 4 is 12.4 Å². The third-order valence-electron chi connectivity index (χ3n) is 1.68. The Morgan fingerprint density at radius 2 is 1.90 bits per heavy atom. The summed E-state index contributed by atoms with van der Waals surface area (Å²) in [5.74, 6) is -0.889. The molecule has 0 fully saturated rings. The lowest BCUT2D eigenvalue weighted by molar-refractivity contribution is -0.995. The standard InChI is InChI=1S/C8H14N2O11/c1-6(18-5-11)20-8(12)4-17-2-7(21-10(15)16)3-19-9(13)14/h5-7H,2-4H2,1H3,(H,13,14)(H,15,16)/q+2/t6?,7-/m0/s1. The first-order valence-corrected chi connectivity index (χ1v) is 5.33. The first-order chi connectivity index (χ1) is 9.85.